The van der Waals surface area contributed by atoms with Crippen molar-refractivity contribution in [1.29, 1.82) is 0 Å². The summed E-state index contributed by atoms with van der Waals surface area (Å²) in [5.74, 6) is 0.671. The molecule has 0 aromatic heterocycles. The van der Waals surface area contributed by atoms with E-state index in [1.807, 2.05) is 0 Å². The quantitative estimate of drug-likeness (QED) is 0.140. The molecule has 0 saturated heterocycles. The highest BCUT2D eigenvalue weighted by Crippen LogP contribution is 2.47. The first-order valence-electron chi connectivity index (χ1n) is 12.5. The Morgan fingerprint density at radius 1 is 0.690 bits per heavy atom. The fourth-order valence-electron chi connectivity index (χ4n) is 4.22. The predicted molar refractivity (Wildman–Crippen MR) is 125 cm³/mol. The molecule has 0 aliphatic carbocycles. The zero-order valence-electron chi connectivity index (χ0n) is 20.0. The van der Waals surface area contributed by atoms with Gasteiger partial charge in [-0.05, 0) is 25.2 Å². The van der Waals surface area contributed by atoms with E-state index in [0.717, 1.165) is 57.8 Å². The van der Waals surface area contributed by atoms with Crippen LogP contribution in [-0.2, 0) is 9.09 Å². The first-order valence-corrected chi connectivity index (χ1v) is 14.0. The molecule has 0 rings (SSSR count). The van der Waals surface area contributed by atoms with E-state index in [-0.39, 0.29) is 0 Å². The van der Waals surface area contributed by atoms with Crippen molar-refractivity contribution in [3.63, 3.8) is 0 Å². The summed E-state index contributed by atoms with van der Waals surface area (Å²) in [6.07, 6.45) is 19.8. The molecule has 0 radical (unpaired) electrons. The smallest absolute Gasteiger partial charge is 0.303 e. The molecule has 0 heterocycles. The first-order chi connectivity index (χ1) is 13.7. The zero-order valence-corrected chi connectivity index (χ0v) is 20.9. The molecule has 0 saturated carbocycles. The lowest BCUT2D eigenvalue weighted by Crippen LogP contribution is -2.32. The van der Waals surface area contributed by atoms with Gasteiger partial charge in [0.15, 0.2) is 0 Å². The maximum Gasteiger partial charge on any atom is 0.470 e. The molecular formula is C24H51O4P. The van der Waals surface area contributed by atoms with Gasteiger partial charge in [-0.3, -0.25) is 4.52 Å². The number of phosphoric ester groups is 1. The molecule has 0 atom stereocenters. The maximum atomic E-state index is 11.8. The highest BCUT2D eigenvalue weighted by molar-refractivity contribution is 7.46. The average molecular weight is 435 g/mol. The normalized spacial score (nSPS) is 12.8. The highest BCUT2D eigenvalue weighted by atomic mass is 31.2. The number of phosphoric acid groups is 1. The average Bonchev–Trinajstić information content (AvgIpc) is 2.63. The second-order valence-electron chi connectivity index (χ2n) is 9.44. The monoisotopic (exact) mass is 434 g/mol. The second kappa shape index (κ2) is 17.8. The molecule has 0 aliphatic heterocycles. The van der Waals surface area contributed by atoms with Crippen LogP contribution in [0.1, 0.15) is 143 Å². The molecule has 5 heteroatoms. The van der Waals surface area contributed by atoms with Gasteiger partial charge in [0.1, 0.15) is 0 Å². The molecule has 0 aromatic rings. The van der Waals surface area contributed by atoms with Crippen LogP contribution >= 0.6 is 7.82 Å². The van der Waals surface area contributed by atoms with Crippen LogP contribution in [0.5, 0.6) is 0 Å². The second-order valence-corrected chi connectivity index (χ2v) is 10.6. The van der Waals surface area contributed by atoms with Crippen molar-refractivity contribution < 1.29 is 18.9 Å². The molecule has 0 unspecified atom stereocenters. The number of unbranched alkanes of at least 4 members (excludes halogenated alkanes) is 11. The van der Waals surface area contributed by atoms with E-state index in [1.165, 1.54) is 57.8 Å². The van der Waals surface area contributed by atoms with Crippen molar-refractivity contribution in [2.75, 3.05) is 0 Å². The molecule has 0 bridgehead atoms. The van der Waals surface area contributed by atoms with E-state index in [0.29, 0.717) is 5.92 Å². The number of hydrogen-bond donors (Lipinski definition) is 2. The fourth-order valence-corrected chi connectivity index (χ4v) is 5.00. The Kier molecular flexibility index (Phi) is 17.8. The largest absolute Gasteiger partial charge is 0.470 e. The molecule has 176 valence electrons. The standard InChI is InChI=1S/C24H51O4P/c1-5-7-9-11-13-16-20-24(28-29(25,26)27,22-18-15-19-23(3)4)21-17-14-12-10-8-6-2/h23H,5-22H2,1-4H3,(H2,25,26,27). The molecule has 0 fully saturated rings. The van der Waals surface area contributed by atoms with Crippen LogP contribution in [0.4, 0.5) is 0 Å². The van der Waals surface area contributed by atoms with Crippen LogP contribution in [0.15, 0.2) is 0 Å². The minimum absolute atomic E-state index is 0.647. The van der Waals surface area contributed by atoms with Crippen molar-refractivity contribution in [2.45, 2.75) is 149 Å². The van der Waals surface area contributed by atoms with Crippen molar-refractivity contribution in [1.82, 2.24) is 0 Å². The Bertz CT molecular complexity index is 390. The number of hydrogen-bond acceptors (Lipinski definition) is 2. The molecule has 29 heavy (non-hydrogen) atoms. The Balaban J connectivity index is 4.82. The van der Waals surface area contributed by atoms with Gasteiger partial charge in [-0.25, -0.2) is 4.57 Å². The van der Waals surface area contributed by atoms with Crippen LogP contribution in [0.3, 0.4) is 0 Å². The molecule has 0 amide bonds. The summed E-state index contributed by atoms with van der Waals surface area (Å²) in [6, 6.07) is 0. The van der Waals surface area contributed by atoms with Gasteiger partial charge in [-0.2, -0.15) is 0 Å². The highest BCUT2D eigenvalue weighted by Gasteiger charge is 2.36. The van der Waals surface area contributed by atoms with E-state index >= 15 is 0 Å². The first kappa shape index (κ1) is 29.1. The van der Waals surface area contributed by atoms with Gasteiger partial charge >= 0.3 is 7.82 Å². The molecular weight excluding hydrogens is 383 g/mol. The summed E-state index contributed by atoms with van der Waals surface area (Å²) in [4.78, 5) is 19.3. The summed E-state index contributed by atoms with van der Waals surface area (Å²) >= 11 is 0. The summed E-state index contributed by atoms with van der Waals surface area (Å²) in [5, 5.41) is 0. The number of rotatable bonds is 21. The minimum atomic E-state index is -4.49. The summed E-state index contributed by atoms with van der Waals surface area (Å²) in [7, 11) is -4.49. The van der Waals surface area contributed by atoms with Crippen LogP contribution in [-0.4, -0.2) is 15.4 Å². The zero-order chi connectivity index (χ0) is 22.0. The van der Waals surface area contributed by atoms with Gasteiger partial charge in [0.25, 0.3) is 0 Å². The third-order valence-electron chi connectivity index (χ3n) is 5.95. The third-order valence-corrected chi connectivity index (χ3v) is 6.57. The molecule has 0 aliphatic rings. The van der Waals surface area contributed by atoms with Crippen molar-refractivity contribution in [2.24, 2.45) is 5.92 Å². The Hall–Kier alpha value is 0.110. The topological polar surface area (TPSA) is 66.8 Å². The predicted octanol–water partition coefficient (Wildman–Crippen LogP) is 8.55. The van der Waals surface area contributed by atoms with Crippen LogP contribution in [0, 0.1) is 5.92 Å². The van der Waals surface area contributed by atoms with E-state index in [2.05, 4.69) is 27.7 Å². The Labute approximate surface area is 181 Å². The van der Waals surface area contributed by atoms with Gasteiger partial charge < -0.3 is 9.79 Å². The van der Waals surface area contributed by atoms with Gasteiger partial charge in [-0.1, -0.05) is 124 Å². The molecule has 0 aromatic carbocycles. The van der Waals surface area contributed by atoms with E-state index in [1.54, 1.807) is 0 Å². The van der Waals surface area contributed by atoms with Gasteiger partial charge in [0.2, 0.25) is 0 Å². The van der Waals surface area contributed by atoms with Crippen LogP contribution in [0.25, 0.3) is 0 Å². The Morgan fingerprint density at radius 3 is 1.45 bits per heavy atom. The summed E-state index contributed by atoms with van der Waals surface area (Å²) in [6.45, 7) is 8.89. The molecule has 2 N–H and O–H groups in total. The van der Waals surface area contributed by atoms with E-state index in [9.17, 15) is 14.4 Å². The van der Waals surface area contributed by atoms with E-state index in [4.69, 9.17) is 4.52 Å². The Morgan fingerprint density at radius 2 is 1.07 bits per heavy atom. The fraction of sp³-hybridized carbons (Fsp3) is 1.00. The molecule has 0 spiro atoms. The van der Waals surface area contributed by atoms with Crippen LogP contribution in [0.2, 0.25) is 0 Å². The lowest BCUT2D eigenvalue weighted by Gasteiger charge is -2.34. The van der Waals surface area contributed by atoms with Gasteiger partial charge in [0, 0.05) is 0 Å². The van der Waals surface area contributed by atoms with E-state index < -0.39 is 13.4 Å². The van der Waals surface area contributed by atoms with Crippen molar-refractivity contribution in [3.05, 3.63) is 0 Å². The minimum Gasteiger partial charge on any atom is -0.303 e. The summed E-state index contributed by atoms with van der Waals surface area (Å²) in [5.41, 5.74) is -0.647. The van der Waals surface area contributed by atoms with Crippen molar-refractivity contribution in [3.8, 4) is 0 Å². The third kappa shape index (κ3) is 18.6. The lowest BCUT2D eigenvalue weighted by atomic mass is 9.84. The maximum absolute atomic E-state index is 11.8. The SMILES string of the molecule is CCCCCCCCC(CCCCCCCC)(CCCCC(C)C)OP(=O)(O)O. The summed E-state index contributed by atoms with van der Waals surface area (Å²) < 4.78 is 17.4. The van der Waals surface area contributed by atoms with Gasteiger partial charge in [-0.15, -0.1) is 0 Å². The molecule has 4 nitrogen and oxygen atoms in total. The van der Waals surface area contributed by atoms with Crippen LogP contribution < -0.4 is 0 Å². The lowest BCUT2D eigenvalue weighted by molar-refractivity contribution is 0.00520. The van der Waals surface area contributed by atoms with Crippen molar-refractivity contribution >= 4 is 7.82 Å². The van der Waals surface area contributed by atoms with Gasteiger partial charge in [0.05, 0.1) is 5.60 Å².